The molecular weight excluding hydrogens is 214 g/mol. The number of likely N-dealkylation sites (tertiary alicyclic amines) is 1. The van der Waals surface area contributed by atoms with E-state index in [4.69, 9.17) is 0 Å². The van der Waals surface area contributed by atoms with Crippen molar-refractivity contribution >= 4 is 5.91 Å². The molecule has 1 atom stereocenters. The van der Waals surface area contributed by atoms with Crippen LogP contribution in [0.25, 0.3) is 0 Å². The molecule has 0 bridgehead atoms. The van der Waals surface area contributed by atoms with Gasteiger partial charge in [0.05, 0.1) is 6.54 Å². The van der Waals surface area contributed by atoms with E-state index in [-0.39, 0.29) is 5.91 Å². The Labute approximate surface area is 103 Å². The number of amides is 1. The average Bonchev–Trinajstić information content (AvgIpc) is 3.07. The van der Waals surface area contributed by atoms with E-state index < -0.39 is 0 Å². The van der Waals surface area contributed by atoms with Crippen LogP contribution in [0.15, 0.2) is 12.7 Å². The number of carbonyl (C=O) groups excluding carboxylic acids is 1. The Bertz CT molecular complexity index is 276. The molecule has 2 rings (SSSR count). The minimum atomic E-state index is 0.0942. The lowest BCUT2D eigenvalue weighted by atomic mass is 10.1. The van der Waals surface area contributed by atoms with Crippen molar-refractivity contribution in [1.82, 2.24) is 15.5 Å². The van der Waals surface area contributed by atoms with E-state index >= 15 is 0 Å². The van der Waals surface area contributed by atoms with Gasteiger partial charge in [-0.25, -0.2) is 0 Å². The summed E-state index contributed by atoms with van der Waals surface area (Å²) in [5, 5.41) is 6.01. The summed E-state index contributed by atoms with van der Waals surface area (Å²) in [5.74, 6) is 0.746. The van der Waals surface area contributed by atoms with E-state index in [2.05, 4.69) is 22.1 Å². The van der Waals surface area contributed by atoms with E-state index in [1.165, 1.54) is 32.4 Å². The largest absolute Gasteiger partial charge is 0.355 e. The standard InChI is InChI=1S/C13H23N3O/c1-2-6-14-9-13(17)15-8-11-5-7-16(10-11)12-3-4-12/h2,11-12,14H,1,3-10H2,(H,15,17). The van der Waals surface area contributed by atoms with Crippen molar-refractivity contribution in [3.8, 4) is 0 Å². The molecule has 1 unspecified atom stereocenters. The molecule has 0 aromatic heterocycles. The Hall–Kier alpha value is -0.870. The number of hydrogen-bond donors (Lipinski definition) is 2. The Kier molecular flexibility index (Phi) is 4.57. The molecule has 4 heteroatoms. The average molecular weight is 237 g/mol. The van der Waals surface area contributed by atoms with Gasteiger partial charge in [0, 0.05) is 25.7 Å². The summed E-state index contributed by atoms with van der Waals surface area (Å²) in [7, 11) is 0. The monoisotopic (exact) mass is 237 g/mol. The molecule has 1 aliphatic heterocycles. The number of nitrogens with one attached hydrogen (secondary N) is 2. The molecule has 1 aliphatic carbocycles. The van der Waals surface area contributed by atoms with Gasteiger partial charge in [-0.15, -0.1) is 6.58 Å². The molecule has 1 saturated carbocycles. The van der Waals surface area contributed by atoms with Gasteiger partial charge < -0.3 is 15.5 Å². The van der Waals surface area contributed by atoms with Crippen LogP contribution in [0.4, 0.5) is 0 Å². The number of carbonyl (C=O) groups is 1. The van der Waals surface area contributed by atoms with Gasteiger partial charge in [-0.2, -0.15) is 0 Å². The second-order valence-electron chi connectivity index (χ2n) is 5.10. The molecule has 17 heavy (non-hydrogen) atoms. The molecular formula is C13H23N3O. The summed E-state index contributed by atoms with van der Waals surface area (Å²) >= 11 is 0. The SMILES string of the molecule is C=CCNCC(=O)NCC1CCN(C2CC2)C1. The Balaban J connectivity index is 1.55. The maximum atomic E-state index is 11.5. The van der Waals surface area contributed by atoms with Crippen molar-refractivity contribution in [2.75, 3.05) is 32.7 Å². The van der Waals surface area contributed by atoms with Crippen LogP contribution in [0.5, 0.6) is 0 Å². The minimum Gasteiger partial charge on any atom is -0.355 e. The third kappa shape index (κ3) is 4.13. The lowest BCUT2D eigenvalue weighted by molar-refractivity contribution is -0.120. The highest BCUT2D eigenvalue weighted by molar-refractivity contribution is 5.77. The van der Waals surface area contributed by atoms with Crippen molar-refractivity contribution in [1.29, 1.82) is 0 Å². The second kappa shape index (κ2) is 6.17. The van der Waals surface area contributed by atoms with Crippen LogP contribution in [0.3, 0.4) is 0 Å². The fourth-order valence-corrected chi connectivity index (χ4v) is 2.41. The predicted molar refractivity (Wildman–Crippen MR) is 68.8 cm³/mol. The third-order valence-corrected chi connectivity index (χ3v) is 3.54. The minimum absolute atomic E-state index is 0.0942. The van der Waals surface area contributed by atoms with Crippen LogP contribution < -0.4 is 10.6 Å². The summed E-state index contributed by atoms with van der Waals surface area (Å²) in [6.07, 6.45) is 5.75. The molecule has 1 saturated heterocycles. The normalized spacial score (nSPS) is 24.8. The molecule has 4 nitrogen and oxygen atoms in total. The van der Waals surface area contributed by atoms with Gasteiger partial charge in [0.2, 0.25) is 5.91 Å². The molecule has 96 valence electrons. The lowest BCUT2D eigenvalue weighted by Crippen LogP contribution is -2.37. The molecule has 2 N–H and O–H groups in total. The topological polar surface area (TPSA) is 44.4 Å². The first-order valence-corrected chi connectivity index (χ1v) is 6.62. The Morgan fingerprint density at radius 3 is 2.94 bits per heavy atom. The van der Waals surface area contributed by atoms with Crippen molar-refractivity contribution in [3.05, 3.63) is 12.7 Å². The van der Waals surface area contributed by atoms with Gasteiger partial charge in [0.1, 0.15) is 0 Å². The summed E-state index contributed by atoms with van der Waals surface area (Å²) in [5.41, 5.74) is 0. The fourth-order valence-electron chi connectivity index (χ4n) is 2.41. The van der Waals surface area contributed by atoms with E-state index in [9.17, 15) is 4.79 Å². The van der Waals surface area contributed by atoms with Crippen molar-refractivity contribution < 1.29 is 4.79 Å². The molecule has 0 radical (unpaired) electrons. The molecule has 2 aliphatic rings. The highest BCUT2D eigenvalue weighted by Gasteiger charge is 2.34. The van der Waals surface area contributed by atoms with Crippen molar-refractivity contribution in [3.63, 3.8) is 0 Å². The zero-order chi connectivity index (χ0) is 12.1. The Morgan fingerprint density at radius 1 is 1.41 bits per heavy atom. The van der Waals surface area contributed by atoms with Crippen LogP contribution in [0, 0.1) is 5.92 Å². The maximum Gasteiger partial charge on any atom is 0.233 e. The van der Waals surface area contributed by atoms with Gasteiger partial charge in [-0.3, -0.25) is 4.79 Å². The number of rotatable bonds is 7. The van der Waals surface area contributed by atoms with Crippen LogP contribution in [-0.2, 0) is 4.79 Å². The summed E-state index contributed by atoms with van der Waals surface area (Å²) < 4.78 is 0. The molecule has 2 fully saturated rings. The first-order chi connectivity index (χ1) is 8.29. The van der Waals surface area contributed by atoms with Crippen molar-refractivity contribution in [2.45, 2.75) is 25.3 Å². The van der Waals surface area contributed by atoms with Gasteiger partial charge in [-0.05, 0) is 31.7 Å². The van der Waals surface area contributed by atoms with E-state index in [0.717, 1.165) is 12.6 Å². The smallest absolute Gasteiger partial charge is 0.233 e. The zero-order valence-electron chi connectivity index (χ0n) is 10.5. The number of hydrogen-bond acceptors (Lipinski definition) is 3. The van der Waals surface area contributed by atoms with Gasteiger partial charge >= 0.3 is 0 Å². The quantitative estimate of drug-likeness (QED) is 0.496. The summed E-state index contributed by atoms with van der Waals surface area (Å²) in [6, 6.07) is 0.866. The van der Waals surface area contributed by atoms with E-state index in [1.54, 1.807) is 6.08 Å². The fraction of sp³-hybridized carbons (Fsp3) is 0.769. The van der Waals surface area contributed by atoms with E-state index in [1.807, 2.05) is 0 Å². The molecule has 1 amide bonds. The molecule has 0 spiro atoms. The van der Waals surface area contributed by atoms with Gasteiger partial charge in [-0.1, -0.05) is 6.08 Å². The third-order valence-electron chi connectivity index (χ3n) is 3.54. The number of nitrogens with zero attached hydrogens (tertiary/aromatic N) is 1. The summed E-state index contributed by atoms with van der Waals surface area (Å²) in [6.45, 7) is 7.90. The first-order valence-electron chi connectivity index (χ1n) is 6.62. The first kappa shape index (κ1) is 12.6. The summed E-state index contributed by atoms with van der Waals surface area (Å²) in [4.78, 5) is 14.1. The second-order valence-corrected chi connectivity index (χ2v) is 5.10. The Morgan fingerprint density at radius 2 is 2.24 bits per heavy atom. The highest BCUT2D eigenvalue weighted by atomic mass is 16.1. The van der Waals surface area contributed by atoms with E-state index in [0.29, 0.717) is 19.0 Å². The predicted octanol–water partition coefficient (Wildman–Crippen LogP) is 0.363. The molecule has 0 aromatic carbocycles. The molecule has 0 aromatic rings. The van der Waals surface area contributed by atoms with Crippen molar-refractivity contribution in [2.24, 2.45) is 5.92 Å². The zero-order valence-corrected chi connectivity index (χ0v) is 10.5. The van der Waals surface area contributed by atoms with Crippen LogP contribution in [0.1, 0.15) is 19.3 Å². The molecule has 1 heterocycles. The van der Waals surface area contributed by atoms with Gasteiger partial charge in [0.15, 0.2) is 0 Å². The highest BCUT2D eigenvalue weighted by Crippen LogP contribution is 2.31. The maximum absolute atomic E-state index is 11.5. The van der Waals surface area contributed by atoms with Crippen LogP contribution >= 0.6 is 0 Å². The van der Waals surface area contributed by atoms with Gasteiger partial charge in [0.25, 0.3) is 0 Å². The van der Waals surface area contributed by atoms with Crippen LogP contribution in [-0.4, -0.2) is 49.6 Å². The lowest BCUT2D eigenvalue weighted by Gasteiger charge is -2.15. The van der Waals surface area contributed by atoms with Crippen LogP contribution in [0.2, 0.25) is 0 Å².